The third-order valence-electron chi connectivity index (χ3n) is 8.00. The smallest absolute Gasteiger partial charge is 0.187 e. The standard InChI is InChI=1S/C37H72O18/c1-20(2)10-47-35-32(49-14-24(6)41)30(48-13-23(5)40)28(18-45-11-21(3)38)54-37(35)55-31-29(19-46-12-22(4)39)53-36(52-17-27(9)44)34(51-16-26(8)43)33(31)50-15-25(7)42/h20-44H,10-19H2,1-9H3/t21?,22?,23?,24?,25?,26?,27?,28-,29?,30-,31-,32+,33+,34-,35-,36-,37+/m1/s1. The molecular formula is C37H72O18. The predicted molar refractivity (Wildman–Crippen MR) is 195 cm³/mol. The molecular weight excluding hydrogens is 732 g/mol. The summed E-state index contributed by atoms with van der Waals surface area (Å²) in [6.45, 7) is 14.0. The van der Waals surface area contributed by atoms with Crippen LogP contribution in [0, 0.1) is 5.92 Å². The molecule has 18 heteroatoms. The summed E-state index contributed by atoms with van der Waals surface area (Å²) in [5, 5.41) is 71.1. The number of aliphatic hydroxyl groups excluding tert-OH is 7. The summed E-state index contributed by atoms with van der Waals surface area (Å²) >= 11 is 0. The van der Waals surface area contributed by atoms with Crippen LogP contribution in [0.1, 0.15) is 62.3 Å². The van der Waals surface area contributed by atoms with Gasteiger partial charge in [0.15, 0.2) is 12.6 Å². The first-order valence-electron chi connectivity index (χ1n) is 19.5. The van der Waals surface area contributed by atoms with Crippen molar-refractivity contribution in [3.63, 3.8) is 0 Å². The van der Waals surface area contributed by atoms with Crippen LogP contribution in [0.4, 0.5) is 0 Å². The molecule has 2 rings (SSSR count). The summed E-state index contributed by atoms with van der Waals surface area (Å²) in [6.07, 6.45) is -16.6. The molecule has 0 aromatic carbocycles. The quantitative estimate of drug-likeness (QED) is 0.0508. The summed E-state index contributed by atoms with van der Waals surface area (Å²) in [5.41, 5.74) is 0. The Morgan fingerprint density at radius 1 is 0.364 bits per heavy atom. The van der Waals surface area contributed by atoms with Crippen LogP contribution in [0.3, 0.4) is 0 Å². The SMILES string of the molecule is CC(C)CO[C@H]1[C@H](O[C@@H]2C(COCC(C)O)O[C@@H](OCC(C)O)[C@H](OCC(C)O)[C@H]2OCC(C)O)O[C@H](COCC(C)O)[C@@H](OCC(C)O)[C@@H]1OCC(C)O. The van der Waals surface area contributed by atoms with Crippen LogP contribution < -0.4 is 0 Å². The van der Waals surface area contributed by atoms with Crippen LogP contribution in [0.5, 0.6) is 0 Å². The first-order chi connectivity index (χ1) is 25.9. The third-order valence-corrected chi connectivity index (χ3v) is 8.00. The molecule has 0 saturated carbocycles. The minimum absolute atomic E-state index is 0.0223. The molecule has 7 N–H and O–H groups in total. The van der Waals surface area contributed by atoms with Gasteiger partial charge < -0.3 is 87.9 Å². The van der Waals surface area contributed by atoms with Crippen LogP contribution in [0.2, 0.25) is 0 Å². The Morgan fingerprint density at radius 3 is 1.13 bits per heavy atom. The van der Waals surface area contributed by atoms with Crippen molar-refractivity contribution < 1.29 is 87.9 Å². The molecule has 2 fully saturated rings. The van der Waals surface area contributed by atoms with E-state index in [1.807, 2.05) is 13.8 Å². The zero-order valence-corrected chi connectivity index (χ0v) is 34.1. The first kappa shape index (κ1) is 50.4. The topological polar surface area (TPSA) is 243 Å². The van der Waals surface area contributed by atoms with Crippen molar-refractivity contribution in [2.24, 2.45) is 5.92 Å². The van der Waals surface area contributed by atoms with Gasteiger partial charge in [-0.05, 0) is 54.4 Å². The van der Waals surface area contributed by atoms with Crippen molar-refractivity contribution in [2.45, 2.75) is 166 Å². The van der Waals surface area contributed by atoms with E-state index in [1.165, 1.54) is 6.92 Å². The van der Waals surface area contributed by atoms with Gasteiger partial charge in [-0.2, -0.15) is 0 Å². The van der Waals surface area contributed by atoms with Gasteiger partial charge >= 0.3 is 0 Å². The van der Waals surface area contributed by atoms with E-state index in [4.69, 9.17) is 52.1 Å². The number of ether oxygens (including phenoxy) is 11. The monoisotopic (exact) mass is 804 g/mol. The van der Waals surface area contributed by atoms with E-state index in [9.17, 15) is 35.7 Å². The van der Waals surface area contributed by atoms with Gasteiger partial charge in [0.25, 0.3) is 0 Å². The van der Waals surface area contributed by atoms with Crippen LogP contribution in [0.15, 0.2) is 0 Å². The minimum atomic E-state index is -1.28. The molecule has 17 atom stereocenters. The van der Waals surface area contributed by atoms with E-state index in [2.05, 4.69) is 0 Å². The summed E-state index contributed by atoms with van der Waals surface area (Å²) in [5.74, 6) is 0.0498. The average Bonchev–Trinajstić information content (AvgIpc) is 3.07. The number of aliphatic hydroxyl groups is 7. The number of hydrogen-bond donors (Lipinski definition) is 7. The molecule has 55 heavy (non-hydrogen) atoms. The third kappa shape index (κ3) is 19.3. The largest absolute Gasteiger partial charge is 0.391 e. The fourth-order valence-electron chi connectivity index (χ4n) is 5.77. The summed E-state index contributed by atoms with van der Waals surface area (Å²) in [7, 11) is 0. The fourth-order valence-corrected chi connectivity index (χ4v) is 5.77. The van der Waals surface area contributed by atoms with Gasteiger partial charge in [-0.15, -0.1) is 0 Å². The lowest BCUT2D eigenvalue weighted by Gasteiger charge is -2.50. The highest BCUT2D eigenvalue weighted by atomic mass is 16.8. The van der Waals surface area contributed by atoms with E-state index >= 15 is 0 Å². The van der Waals surface area contributed by atoms with Crippen molar-refractivity contribution in [2.75, 3.05) is 66.1 Å². The van der Waals surface area contributed by atoms with Crippen molar-refractivity contribution in [3.05, 3.63) is 0 Å². The molecule has 0 spiro atoms. The molecule has 2 aliphatic heterocycles. The highest BCUT2D eigenvalue weighted by Crippen LogP contribution is 2.36. The Hall–Kier alpha value is -0.720. The lowest BCUT2D eigenvalue weighted by atomic mass is 9.95. The maximum absolute atomic E-state index is 10.3. The second-order valence-corrected chi connectivity index (χ2v) is 15.4. The molecule has 0 radical (unpaired) electrons. The van der Waals surface area contributed by atoms with Crippen LogP contribution in [-0.2, 0) is 52.1 Å². The molecule has 2 saturated heterocycles. The molecule has 0 aromatic rings. The van der Waals surface area contributed by atoms with Crippen molar-refractivity contribution in [3.8, 4) is 0 Å². The zero-order chi connectivity index (χ0) is 41.2. The van der Waals surface area contributed by atoms with Crippen molar-refractivity contribution in [1.82, 2.24) is 0 Å². The lowest BCUT2D eigenvalue weighted by molar-refractivity contribution is -0.377. The zero-order valence-electron chi connectivity index (χ0n) is 34.1. The molecule has 0 aliphatic carbocycles. The minimum Gasteiger partial charge on any atom is -0.391 e. The molecule has 0 aromatic heterocycles. The Balaban J connectivity index is 2.73. The van der Waals surface area contributed by atoms with Crippen molar-refractivity contribution >= 4 is 0 Å². The van der Waals surface area contributed by atoms with Gasteiger partial charge in [0.05, 0.1) is 102 Å². The highest BCUT2D eigenvalue weighted by Gasteiger charge is 2.55. The van der Waals surface area contributed by atoms with E-state index in [0.717, 1.165) is 0 Å². The predicted octanol–water partition coefficient (Wildman–Crippen LogP) is -0.881. The van der Waals surface area contributed by atoms with Crippen LogP contribution in [0.25, 0.3) is 0 Å². The van der Waals surface area contributed by atoms with Gasteiger partial charge in [0.2, 0.25) is 0 Å². The lowest BCUT2D eigenvalue weighted by Crippen LogP contribution is -2.67. The molecule has 8 unspecified atom stereocenters. The highest BCUT2D eigenvalue weighted by molar-refractivity contribution is 4.98. The van der Waals surface area contributed by atoms with Crippen LogP contribution in [-0.4, -0.2) is 206 Å². The molecule has 2 aliphatic rings. The molecule has 0 amide bonds. The van der Waals surface area contributed by atoms with Crippen molar-refractivity contribution in [1.29, 1.82) is 0 Å². The Labute approximate surface area is 326 Å². The Bertz CT molecular complexity index is 968. The molecule has 328 valence electrons. The summed E-state index contributed by atoms with van der Waals surface area (Å²) in [4.78, 5) is 0. The van der Waals surface area contributed by atoms with Gasteiger partial charge in [-0.3, -0.25) is 0 Å². The van der Waals surface area contributed by atoms with E-state index in [0.29, 0.717) is 0 Å². The maximum atomic E-state index is 10.3. The number of rotatable bonds is 28. The van der Waals surface area contributed by atoms with E-state index in [-0.39, 0.29) is 72.0 Å². The van der Waals surface area contributed by atoms with E-state index < -0.39 is 104 Å². The van der Waals surface area contributed by atoms with E-state index in [1.54, 1.807) is 41.5 Å². The second kappa shape index (κ2) is 26.4. The van der Waals surface area contributed by atoms with Gasteiger partial charge in [0, 0.05) is 6.61 Å². The molecule has 0 bridgehead atoms. The van der Waals surface area contributed by atoms with Gasteiger partial charge in [0.1, 0.15) is 48.8 Å². The first-order valence-corrected chi connectivity index (χ1v) is 19.5. The normalized spacial score (nSPS) is 32.9. The van der Waals surface area contributed by atoms with Gasteiger partial charge in [-0.25, -0.2) is 0 Å². The molecule has 18 nitrogen and oxygen atoms in total. The maximum Gasteiger partial charge on any atom is 0.187 e. The molecule has 2 heterocycles. The average molecular weight is 805 g/mol. The van der Waals surface area contributed by atoms with Gasteiger partial charge in [-0.1, -0.05) is 13.8 Å². The Kier molecular flexibility index (Phi) is 24.2. The van der Waals surface area contributed by atoms with Crippen LogP contribution >= 0.6 is 0 Å². The second-order valence-electron chi connectivity index (χ2n) is 15.4. The Morgan fingerprint density at radius 2 is 0.691 bits per heavy atom. The fraction of sp³-hybridized carbons (Fsp3) is 1.00. The number of hydrogen-bond acceptors (Lipinski definition) is 18. The summed E-state index contributed by atoms with van der Waals surface area (Å²) in [6, 6.07) is 0. The summed E-state index contributed by atoms with van der Waals surface area (Å²) < 4.78 is 68.9.